The Hall–Kier alpha value is -5.80. The van der Waals surface area contributed by atoms with Gasteiger partial charge in [-0.1, -0.05) is 6.07 Å². The predicted octanol–water partition coefficient (Wildman–Crippen LogP) is -3.17. The summed E-state index contributed by atoms with van der Waals surface area (Å²) in [5, 5.41) is 149. The molecule has 5 heterocycles. The molecule has 14 N–H and O–H groups in total. The summed E-state index contributed by atoms with van der Waals surface area (Å²) in [6, 6.07) is 10.8. The molecule has 4 saturated heterocycles. The number of phenols is 4. The lowest BCUT2D eigenvalue weighted by Crippen LogP contribution is -2.66. The van der Waals surface area contributed by atoms with Crippen molar-refractivity contribution in [3.05, 3.63) is 76.5 Å². The van der Waals surface area contributed by atoms with E-state index in [2.05, 4.69) is 0 Å². The van der Waals surface area contributed by atoms with Crippen LogP contribution in [0, 0.1) is 0 Å². The summed E-state index contributed by atoms with van der Waals surface area (Å²) in [6.45, 7) is -0.0360. The summed E-state index contributed by atoms with van der Waals surface area (Å²) in [5.41, 5.74) is -1.22. The molecule has 4 fully saturated rings. The molecule has 27 nitrogen and oxygen atoms in total. The minimum absolute atomic E-state index is 0.0198. The van der Waals surface area contributed by atoms with Crippen molar-refractivity contribution < 1.29 is 128 Å². The molecule has 0 amide bonds. The second kappa shape index (κ2) is 22.6. The Balaban J connectivity index is 1.19. The molecule has 1 aromatic heterocycles. The van der Waals surface area contributed by atoms with Gasteiger partial charge >= 0.3 is 5.97 Å². The first kappa shape index (κ1) is 54.5. The number of hydrogen-bond donors (Lipinski definition) is 14. The van der Waals surface area contributed by atoms with Crippen molar-refractivity contribution in [1.29, 1.82) is 0 Å². The van der Waals surface area contributed by atoms with Crippen molar-refractivity contribution in [1.82, 2.24) is 0 Å². The van der Waals surface area contributed by atoms with E-state index in [4.69, 9.17) is 51.8 Å². The largest absolute Gasteiger partial charge is 0.508 e. The number of aromatic hydroxyl groups is 4. The van der Waals surface area contributed by atoms with Gasteiger partial charge in [-0.05, 0) is 55.0 Å². The van der Waals surface area contributed by atoms with E-state index >= 15 is 0 Å². The third kappa shape index (κ3) is 11.2. The Bertz CT molecular complexity index is 2680. The van der Waals surface area contributed by atoms with E-state index in [0.29, 0.717) is 0 Å². The molecule has 0 spiro atoms. The van der Waals surface area contributed by atoms with Crippen molar-refractivity contribution in [2.45, 2.75) is 124 Å². The Labute approximate surface area is 416 Å². The summed E-state index contributed by atoms with van der Waals surface area (Å²) in [4.78, 5) is 28.4. The Morgan fingerprint density at radius 2 is 1.38 bits per heavy atom. The number of carbonyl (C=O) groups is 1. The minimum atomic E-state index is -2.23. The van der Waals surface area contributed by atoms with E-state index in [1.807, 2.05) is 0 Å². The number of hydrogen-bond acceptors (Lipinski definition) is 27. The van der Waals surface area contributed by atoms with E-state index in [9.17, 15) is 81.1 Å². The lowest BCUT2D eigenvalue weighted by molar-refractivity contribution is -0.381. The molecule has 0 saturated carbocycles. The highest BCUT2D eigenvalue weighted by atomic mass is 16.8. The summed E-state index contributed by atoms with van der Waals surface area (Å²) >= 11 is 0. The SMILES string of the molecule is COc1cc(C=CC(=O)O[C@H]2[C@@H](O)[C@@H](CO[C@@H]3O[C@@H](C)[C@H](O)[C@@H](O[C@@H]4OC[C@@H](O)[C@H](O)[C@H]4O)[C@H]3O)O[C@@H](Oc3c(-c4ccc(O)cc4)oc4cc(O)cc(O)c4c3=O)[C@@H]2O[C@@H]2O[C@@H](O)[C@H](O)[C@@H](O)[C@H]2O)ccc1O. The van der Waals surface area contributed by atoms with Crippen LogP contribution in [0.25, 0.3) is 28.4 Å². The summed E-state index contributed by atoms with van der Waals surface area (Å²) in [5.74, 6) is -4.27. The second-order valence-electron chi connectivity index (χ2n) is 17.6. The zero-order valence-electron chi connectivity index (χ0n) is 38.8. The van der Waals surface area contributed by atoms with Gasteiger partial charge < -0.3 is 123 Å². The molecule has 27 heteroatoms. The van der Waals surface area contributed by atoms with Gasteiger partial charge in [0.2, 0.25) is 17.5 Å². The van der Waals surface area contributed by atoms with Crippen LogP contribution in [-0.2, 0) is 42.7 Å². The second-order valence-corrected chi connectivity index (χ2v) is 17.6. The fourth-order valence-electron chi connectivity index (χ4n) is 8.47. The highest BCUT2D eigenvalue weighted by Crippen LogP contribution is 2.40. The standard InChI is InChI=1S/C47H54O27/c1-16-29(54)39(71-44-35(60)30(55)23(52)14-65-44)37(62)45(67-16)66-15-26-31(56)40(70-27(53)10-4-17-3-9-21(50)24(11-17)64-2)42(73-46-36(61)33(58)34(59)43(63)74-46)47(69-26)72-41-32(57)28-22(51)12-20(49)13-25(28)68-38(41)18-5-7-19(48)8-6-18/h3-13,16,23,26,29-31,33-37,39-40,42-52,54-56,58-63H,14-15H2,1-2H3/t16-,23+,26+,29-,30-,31-,33+,34+,35+,36+,37+,39+,40-,42+,43+,44-,45+,46+,47-/m0/s1. The average Bonchev–Trinajstić information content (AvgIpc) is 3.36. The van der Waals surface area contributed by atoms with Gasteiger partial charge in [-0.15, -0.1) is 0 Å². The fourth-order valence-corrected chi connectivity index (χ4v) is 8.47. The molecule has 4 aromatic rings. The third-order valence-corrected chi connectivity index (χ3v) is 12.6. The van der Waals surface area contributed by atoms with Crippen molar-refractivity contribution >= 4 is 23.0 Å². The number of aliphatic hydroxyl groups excluding tert-OH is 10. The van der Waals surface area contributed by atoms with Crippen molar-refractivity contribution in [3.8, 4) is 45.8 Å². The molecule has 3 aromatic carbocycles. The lowest BCUT2D eigenvalue weighted by Gasteiger charge is -2.47. The van der Waals surface area contributed by atoms with E-state index in [1.165, 1.54) is 62.6 Å². The smallest absolute Gasteiger partial charge is 0.331 e. The van der Waals surface area contributed by atoms with Crippen LogP contribution in [0.15, 0.2) is 69.9 Å². The first-order chi connectivity index (χ1) is 35.1. The summed E-state index contributed by atoms with van der Waals surface area (Å²) in [7, 11) is 1.28. The topological polar surface area (TPSA) is 423 Å². The normalized spacial score (nSPS) is 35.6. The van der Waals surface area contributed by atoms with Gasteiger partial charge in [-0.3, -0.25) is 4.79 Å². The molecule has 19 atom stereocenters. The van der Waals surface area contributed by atoms with E-state index < -0.39 is 170 Å². The average molecular weight is 1050 g/mol. The van der Waals surface area contributed by atoms with Gasteiger partial charge in [0.15, 0.2) is 54.6 Å². The van der Waals surface area contributed by atoms with Gasteiger partial charge in [-0.2, -0.15) is 0 Å². The van der Waals surface area contributed by atoms with Crippen LogP contribution < -0.4 is 14.9 Å². The van der Waals surface area contributed by atoms with Gasteiger partial charge in [0, 0.05) is 23.8 Å². The van der Waals surface area contributed by atoms with Crippen molar-refractivity contribution in [2.24, 2.45) is 0 Å². The quantitative estimate of drug-likeness (QED) is 0.0438. The molecule has 74 heavy (non-hydrogen) atoms. The maximum Gasteiger partial charge on any atom is 0.331 e. The summed E-state index contributed by atoms with van der Waals surface area (Å²) in [6.07, 6.45) is -34.3. The number of phenolic OH excluding ortho intramolecular Hbond substituents is 4. The zero-order valence-corrected chi connectivity index (χ0v) is 38.8. The van der Waals surface area contributed by atoms with Crippen LogP contribution in [0.1, 0.15) is 12.5 Å². The Kier molecular flexibility index (Phi) is 16.6. The van der Waals surface area contributed by atoms with E-state index in [-0.39, 0.29) is 34.0 Å². The van der Waals surface area contributed by atoms with Crippen LogP contribution in [0.5, 0.6) is 34.5 Å². The number of methoxy groups -OCH3 is 1. The molecule has 8 rings (SSSR count). The first-order valence-corrected chi connectivity index (χ1v) is 22.7. The third-order valence-electron chi connectivity index (χ3n) is 12.6. The molecule has 4 aliphatic rings. The first-order valence-electron chi connectivity index (χ1n) is 22.7. The maximum atomic E-state index is 14.6. The van der Waals surface area contributed by atoms with Crippen LogP contribution in [0.2, 0.25) is 0 Å². The van der Waals surface area contributed by atoms with E-state index in [1.54, 1.807) is 0 Å². The van der Waals surface area contributed by atoms with Crippen LogP contribution in [0.4, 0.5) is 0 Å². The van der Waals surface area contributed by atoms with Gasteiger partial charge in [0.25, 0.3) is 0 Å². The number of aliphatic hydroxyl groups is 10. The number of benzene rings is 3. The van der Waals surface area contributed by atoms with Gasteiger partial charge in [-0.25, -0.2) is 4.79 Å². The van der Waals surface area contributed by atoms with Gasteiger partial charge in [0.05, 0.1) is 26.4 Å². The number of rotatable bonds is 14. The molecule has 0 aliphatic carbocycles. The van der Waals surface area contributed by atoms with Crippen LogP contribution >= 0.6 is 0 Å². The zero-order chi connectivity index (χ0) is 53.4. The molecule has 0 bridgehead atoms. The lowest BCUT2D eigenvalue weighted by atomic mass is 9.97. The number of fused-ring (bicyclic) bond motifs is 1. The van der Waals surface area contributed by atoms with Crippen molar-refractivity contribution in [3.63, 3.8) is 0 Å². The van der Waals surface area contributed by atoms with Gasteiger partial charge in [0.1, 0.15) is 95.4 Å². The molecular formula is C47H54O27. The van der Waals surface area contributed by atoms with Crippen LogP contribution in [-0.4, -0.2) is 215 Å². The number of carbonyl (C=O) groups excluding carboxylic acids is 1. The summed E-state index contributed by atoms with van der Waals surface area (Å²) < 4.78 is 63.3. The highest BCUT2D eigenvalue weighted by Gasteiger charge is 2.55. The number of ether oxygens (including phenoxy) is 10. The highest BCUT2D eigenvalue weighted by molar-refractivity contribution is 5.88. The predicted molar refractivity (Wildman–Crippen MR) is 240 cm³/mol. The minimum Gasteiger partial charge on any atom is -0.508 e. The van der Waals surface area contributed by atoms with Crippen LogP contribution in [0.3, 0.4) is 0 Å². The molecular weight excluding hydrogens is 996 g/mol. The molecule has 4 aliphatic heterocycles. The Morgan fingerprint density at radius 3 is 2.09 bits per heavy atom. The Morgan fingerprint density at radius 1 is 0.676 bits per heavy atom. The molecule has 0 unspecified atom stereocenters. The molecule has 404 valence electrons. The van der Waals surface area contributed by atoms with E-state index in [0.717, 1.165) is 18.2 Å². The fraction of sp³-hybridized carbons (Fsp3) is 0.489. The maximum absolute atomic E-state index is 14.6. The van der Waals surface area contributed by atoms with Crippen molar-refractivity contribution in [2.75, 3.05) is 20.3 Å². The number of esters is 1. The monoisotopic (exact) mass is 1050 g/mol. The molecule has 0 radical (unpaired) electrons.